The van der Waals surface area contributed by atoms with Crippen LogP contribution in [0.25, 0.3) is 5.69 Å². The summed E-state index contributed by atoms with van der Waals surface area (Å²) in [6, 6.07) is 20.6. The van der Waals surface area contributed by atoms with E-state index in [1.807, 2.05) is 47.9 Å². The lowest BCUT2D eigenvalue weighted by Crippen LogP contribution is -2.24. The molecule has 0 N–H and O–H groups in total. The minimum absolute atomic E-state index is 0.0592. The highest BCUT2D eigenvalue weighted by Crippen LogP contribution is 2.34. The van der Waals surface area contributed by atoms with Gasteiger partial charge >= 0.3 is 0 Å². The van der Waals surface area contributed by atoms with Crippen molar-refractivity contribution >= 4 is 12.5 Å². The summed E-state index contributed by atoms with van der Waals surface area (Å²) in [4.78, 5) is 10.7. The Labute approximate surface area is 146 Å². The van der Waals surface area contributed by atoms with E-state index >= 15 is 0 Å². The summed E-state index contributed by atoms with van der Waals surface area (Å²) >= 11 is 0. The van der Waals surface area contributed by atoms with Crippen molar-refractivity contribution < 1.29 is 4.79 Å². The van der Waals surface area contributed by atoms with E-state index in [2.05, 4.69) is 46.1 Å². The summed E-state index contributed by atoms with van der Waals surface area (Å²) in [5, 5.41) is 6.32. The molecule has 0 saturated carbocycles. The number of carbonyl (C=O) groups excluding carboxylic acids is 1. The summed E-state index contributed by atoms with van der Waals surface area (Å²) in [5.41, 5.74) is 4.49. The van der Waals surface area contributed by atoms with Crippen LogP contribution in [0.3, 0.4) is 0 Å². The minimum atomic E-state index is -0.0592. The molecule has 4 heteroatoms. The number of hydrogen-bond donors (Lipinski definition) is 0. The zero-order chi connectivity index (χ0) is 17.1. The van der Waals surface area contributed by atoms with Crippen LogP contribution in [0.5, 0.6) is 0 Å². The molecule has 4 rings (SSSR count). The molecular formula is C21H17N3O. The molecule has 2 aromatic carbocycles. The fourth-order valence-corrected chi connectivity index (χ4v) is 3.13. The number of aldehydes is 1. The summed E-state index contributed by atoms with van der Waals surface area (Å²) < 4.78 is 2.07. The van der Waals surface area contributed by atoms with Crippen LogP contribution < -0.4 is 0 Å². The molecule has 3 aromatic rings. The van der Waals surface area contributed by atoms with Crippen LogP contribution in [0.15, 0.2) is 90.4 Å². The average Bonchev–Trinajstić information content (AvgIpc) is 3.21. The van der Waals surface area contributed by atoms with E-state index in [1.165, 1.54) is 11.6 Å². The van der Waals surface area contributed by atoms with Crippen molar-refractivity contribution in [2.24, 2.45) is 5.10 Å². The van der Waals surface area contributed by atoms with Gasteiger partial charge in [0.15, 0.2) is 0 Å². The van der Waals surface area contributed by atoms with E-state index in [0.29, 0.717) is 0 Å². The molecule has 0 radical (unpaired) electrons. The standard InChI is InChI=1S/C21H17N3O/c25-15-5-14-24-21(20-7-2-1-6-18(20)16-22-24)17-8-10-19(11-9-17)23-12-3-4-13-23/h1-16,21H. The Hall–Kier alpha value is -3.40. The van der Waals surface area contributed by atoms with Gasteiger partial charge in [-0.3, -0.25) is 9.80 Å². The Morgan fingerprint density at radius 2 is 1.68 bits per heavy atom. The molecule has 122 valence electrons. The van der Waals surface area contributed by atoms with Crippen molar-refractivity contribution in [1.82, 2.24) is 9.58 Å². The number of hydrogen-bond acceptors (Lipinski definition) is 3. The van der Waals surface area contributed by atoms with Gasteiger partial charge in [0.1, 0.15) is 12.3 Å². The van der Waals surface area contributed by atoms with Crippen molar-refractivity contribution in [2.45, 2.75) is 6.04 Å². The van der Waals surface area contributed by atoms with Crippen LogP contribution in [0.4, 0.5) is 0 Å². The van der Waals surface area contributed by atoms with Crippen molar-refractivity contribution in [3.8, 4) is 5.69 Å². The highest BCUT2D eigenvalue weighted by molar-refractivity contribution is 5.83. The predicted molar refractivity (Wildman–Crippen MR) is 98.7 cm³/mol. The lowest BCUT2D eigenvalue weighted by molar-refractivity contribution is -0.104. The number of rotatable bonds is 4. The van der Waals surface area contributed by atoms with E-state index in [-0.39, 0.29) is 6.04 Å². The molecule has 1 aliphatic heterocycles. The van der Waals surface area contributed by atoms with Crippen molar-refractivity contribution in [1.29, 1.82) is 0 Å². The molecule has 1 aromatic heterocycles. The Kier molecular flexibility index (Phi) is 4.01. The van der Waals surface area contributed by atoms with Gasteiger partial charge in [-0.05, 0) is 41.5 Å². The molecule has 1 aliphatic rings. The maximum absolute atomic E-state index is 10.7. The fraction of sp³-hybridized carbons (Fsp3) is 0.0476. The normalized spacial score (nSPS) is 16.2. The van der Waals surface area contributed by atoms with E-state index in [0.717, 1.165) is 23.1 Å². The molecule has 1 atom stereocenters. The first kappa shape index (κ1) is 15.1. The van der Waals surface area contributed by atoms with Gasteiger partial charge in [0.25, 0.3) is 0 Å². The topological polar surface area (TPSA) is 37.6 Å². The van der Waals surface area contributed by atoms with E-state index in [9.17, 15) is 4.79 Å². The molecular weight excluding hydrogens is 310 g/mol. The summed E-state index contributed by atoms with van der Waals surface area (Å²) in [6.45, 7) is 0. The Morgan fingerprint density at radius 1 is 0.920 bits per heavy atom. The van der Waals surface area contributed by atoms with E-state index in [1.54, 1.807) is 6.20 Å². The summed E-state index contributed by atoms with van der Waals surface area (Å²) in [5.74, 6) is 0. The number of allylic oxidation sites excluding steroid dienone is 1. The second-order valence-electron chi connectivity index (χ2n) is 5.82. The van der Waals surface area contributed by atoms with Gasteiger partial charge in [0.05, 0.1) is 6.21 Å². The lowest BCUT2D eigenvalue weighted by Gasteiger charge is -2.31. The molecule has 1 unspecified atom stereocenters. The SMILES string of the molecule is O=CC=CN1N=Cc2ccccc2C1c1ccc(-n2cccc2)cc1. The number of hydrazone groups is 1. The first-order valence-electron chi connectivity index (χ1n) is 8.13. The summed E-state index contributed by atoms with van der Waals surface area (Å²) in [7, 11) is 0. The molecule has 0 aliphatic carbocycles. The van der Waals surface area contributed by atoms with Crippen LogP contribution >= 0.6 is 0 Å². The molecule has 0 amide bonds. The zero-order valence-corrected chi connectivity index (χ0v) is 13.6. The van der Waals surface area contributed by atoms with Crippen molar-refractivity contribution in [2.75, 3.05) is 0 Å². The third-order valence-corrected chi connectivity index (χ3v) is 4.31. The average molecular weight is 327 g/mol. The highest BCUT2D eigenvalue weighted by atomic mass is 16.1. The Morgan fingerprint density at radius 3 is 2.44 bits per heavy atom. The molecule has 4 nitrogen and oxygen atoms in total. The van der Waals surface area contributed by atoms with Crippen molar-refractivity contribution in [3.05, 3.63) is 102 Å². The molecule has 2 heterocycles. The van der Waals surface area contributed by atoms with E-state index < -0.39 is 0 Å². The quantitative estimate of drug-likeness (QED) is 0.538. The van der Waals surface area contributed by atoms with Crippen molar-refractivity contribution in [3.63, 3.8) is 0 Å². The van der Waals surface area contributed by atoms with Gasteiger partial charge in [-0.2, -0.15) is 5.10 Å². The maximum Gasteiger partial charge on any atom is 0.144 e. The van der Waals surface area contributed by atoms with Gasteiger partial charge in [-0.25, -0.2) is 0 Å². The first-order valence-corrected chi connectivity index (χ1v) is 8.13. The Balaban J connectivity index is 1.75. The smallest absolute Gasteiger partial charge is 0.144 e. The van der Waals surface area contributed by atoms with Gasteiger partial charge in [-0.15, -0.1) is 0 Å². The number of fused-ring (bicyclic) bond motifs is 1. The van der Waals surface area contributed by atoms with Gasteiger partial charge in [0.2, 0.25) is 0 Å². The minimum Gasteiger partial charge on any atom is -0.324 e. The van der Waals surface area contributed by atoms with Crippen LogP contribution in [0.2, 0.25) is 0 Å². The molecule has 0 fully saturated rings. The highest BCUT2D eigenvalue weighted by Gasteiger charge is 2.24. The Bertz CT molecular complexity index is 924. The zero-order valence-electron chi connectivity index (χ0n) is 13.6. The summed E-state index contributed by atoms with van der Waals surface area (Å²) in [6.07, 6.45) is 9.82. The van der Waals surface area contributed by atoms with Gasteiger partial charge in [-0.1, -0.05) is 36.4 Å². The van der Waals surface area contributed by atoms with Crippen LogP contribution in [0.1, 0.15) is 22.7 Å². The van der Waals surface area contributed by atoms with Crippen LogP contribution in [-0.2, 0) is 4.79 Å². The largest absolute Gasteiger partial charge is 0.324 e. The number of benzene rings is 2. The second kappa shape index (κ2) is 6.61. The van der Waals surface area contributed by atoms with Crippen LogP contribution in [-0.4, -0.2) is 22.1 Å². The lowest BCUT2D eigenvalue weighted by atomic mass is 9.93. The molecule has 0 saturated heterocycles. The monoisotopic (exact) mass is 327 g/mol. The number of aromatic nitrogens is 1. The number of carbonyl (C=O) groups is 1. The predicted octanol–water partition coefficient (Wildman–Crippen LogP) is 3.93. The second-order valence-corrected chi connectivity index (χ2v) is 5.82. The first-order chi connectivity index (χ1) is 12.4. The van der Waals surface area contributed by atoms with Gasteiger partial charge in [0, 0.05) is 29.8 Å². The van der Waals surface area contributed by atoms with Crippen LogP contribution in [0, 0.1) is 0 Å². The molecule has 25 heavy (non-hydrogen) atoms. The third kappa shape index (κ3) is 2.90. The van der Waals surface area contributed by atoms with E-state index in [4.69, 9.17) is 0 Å². The fourth-order valence-electron chi connectivity index (χ4n) is 3.13. The third-order valence-electron chi connectivity index (χ3n) is 4.31. The maximum atomic E-state index is 10.7. The van der Waals surface area contributed by atoms with Gasteiger partial charge < -0.3 is 4.57 Å². The molecule has 0 spiro atoms. The molecule has 0 bridgehead atoms. The number of nitrogens with zero attached hydrogens (tertiary/aromatic N) is 3.